The highest BCUT2D eigenvalue weighted by atomic mass is 16.1. The lowest BCUT2D eigenvalue weighted by atomic mass is 10.1. The van der Waals surface area contributed by atoms with Crippen molar-refractivity contribution in [1.82, 2.24) is 10.6 Å². The highest BCUT2D eigenvalue weighted by molar-refractivity contribution is 5.76. The molecular formula is C17H34N2O. The van der Waals surface area contributed by atoms with Gasteiger partial charge in [0.2, 0.25) is 5.91 Å². The largest absolute Gasteiger partial charge is 0.352 e. The Labute approximate surface area is 125 Å². The summed E-state index contributed by atoms with van der Waals surface area (Å²) in [4.78, 5) is 11.8. The first kappa shape index (κ1) is 17.5. The summed E-state index contributed by atoms with van der Waals surface area (Å²) < 4.78 is 0. The number of piperidine rings is 1. The van der Waals surface area contributed by atoms with Gasteiger partial charge in [0.15, 0.2) is 0 Å². The lowest BCUT2D eigenvalue weighted by Gasteiger charge is -2.23. The van der Waals surface area contributed by atoms with Crippen LogP contribution in [-0.2, 0) is 4.79 Å². The molecule has 0 aromatic carbocycles. The van der Waals surface area contributed by atoms with E-state index >= 15 is 0 Å². The molecule has 0 spiro atoms. The minimum atomic E-state index is 0.252. The number of carbonyl (C=O) groups is 1. The van der Waals surface area contributed by atoms with Crippen molar-refractivity contribution >= 4 is 5.91 Å². The van der Waals surface area contributed by atoms with Crippen molar-refractivity contribution in [2.75, 3.05) is 13.1 Å². The fourth-order valence-corrected chi connectivity index (χ4v) is 2.87. The summed E-state index contributed by atoms with van der Waals surface area (Å²) in [5.41, 5.74) is 0. The molecule has 0 aromatic rings. The standard InChI is InChI=1S/C17H34N2O/c1-2-3-4-5-6-7-8-9-10-13-17(20)19-16-12-11-14-18-15-16/h16,18H,2-15H2,1H3,(H,19,20). The van der Waals surface area contributed by atoms with Crippen molar-refractivity contribution in [2.45, 2.75) is 90.0 Å². The molecule has 1 rings (SSSR count). The SMILES string of the molecule is CCCCCCCCCCCC(=O)NC1CCCNC1. The average Bonchev–Trinajstić information content (AvgIpc) is 2.46. The fraction of sp³-hybridized carbons (Fsp3) is 0.941. The minimum absolute atomic E-state index is 0.252. The zero-order valence-electron chi connectivity index (χ0n) is 13.4. The summed E-state index contributed by atoms with van der Waals surface area (Å²) in [6, 6.07) is 0.370. The minimum Gasteiger partial charge on any atom is -0.352 e. The Morgan fingerprint density at radius 1 is 1.05 bits per heavy atom. The Morgan fingerprint density at radius 2 is 1.70 bits per heavy atom. The predicted molar refractivity (Wildman–Crippen MR) is 85.9 cm³/mol. The van der Waals surface area contributed by atoms with Gasteiger partial charge in [-0.25, -0.2) is 0 Å². The summed E-state index contributed by atoms with van der Waals surface area (Å²) >= 11 is 0. The van der Waals surface area contributed by atoms with Crippen LogP contribution in [-0.4, -0.2) is 25.0 Å². The maximum absolute atomic E-state index is 11.8. The zero-order chi connectivity index (χ0) is 14.5. The molecule has 1 amide bonds. The Hall–Kier alpha value is -0.570. The molecule has 118 valence electrons. The van der Waals surface area contributed by atoms with Crippen LogP contribution in [0.5, 0.6) is 0 Å². The Kier molecular flexibility index (Phi) is 10.7. The molecule has 1 unspecified atom stereocenters. The second-order valence-corrected chi connectivity index (χ2v) is 6.19. The molecule has 1 atom stereocenters. The third-order valence-corrected chi connectivity index (χ3v) is 4.17. The number of carbonyl (C=O) groups excluding carboxylic acids is 1. The molecule has 1 aliphatic heterocycles. The van der Waals surface area contributed by atoms with Crippen LogP contribution in [0.2, 0.25) is 0 Å². The van der Waals surface area contributed by atoms with Gasteiger partial charge in [-0.15, -0.1) is 0 Å². The van der Waals surface area contributed by atoms with Gasteiger partial charge in [0.25, 0.3) is 0 Å². The quantitative estimate of drug-likeness (QED) is 0.566. The Bertz CT molecular complexity index is 237. The van der Waals surface area contributed by atoms with E-state index in [4.69, 9.17) is 0 Å². The summed E-state index contributed by atoms with van der Waals surface area (Å²) in [5.74, 6) is 0.252. The van der Waals surface area contributed by atoms with E-state index in [1.54, 1.807) is 0 Å². The molecule has 3 nitrogen and oxygen atoms in total. The topological polar surface area (TPSA) is 41.1 Å². The lowest BCUT2D eigenvalue weighted by molar-refractivity contribution is -0.122. The predicted octanol–water partition coefficient (Wildman–Crippen LogP) is 3.78. The van der Waals surface area contributed by atoms with Gasteiger partial charge >= 0.3 is 0 Å². The van der Waals surface area contributed by atoms with E-state index in [1.165, 1.54) is 57.8 Å². The molecule has 1 aliphatic rings. The van der Waals surface area contributed by atoms with Crippen molar-refractivity contribution in [3.63, 3.8) is 0 Å². The number of hydrogen-bond acceptors (Lipinski definition) is 2. The molecule has 1 saturated heterocycles. The second kappa shape index (κ2) is 12.2. The van der Waals surface area contributed by atoms with E-state index in [1.807, 2.05) is 0 Å². The molecule has 0 aliphatic carbocycles. The van der Waals surface area contributed by atoms with Gasteiger partial charge in [-0.3, -0.25) is 4.79 Å². The van der Waals surface area contributed by atoms with Crippen molar-refractivity contribution < 1.29 is 4.79 Å². The number of unbranched alkanes of at least 4 members (excludes halogenated alkanes) is 8. The van der Waals surface area contributed by atoms with E-state index in [9.17, 15) is 4.79 Å². The molecule has 0 bridgehead atoms. The Balaban J connectivity index is 1.84. The summed E-state index contributed by atoms with van der Waals surface area (Å²) in [6.45, 7) is 4.31. The first-order valence-corrected chi connectivity index (χ1v) is 8.83. The van der Waals surface area contributed by atoms with Crippen molar-refractivity contribution in [1.29, 1.82) is 0 Å². The average molecular weight is 282 g/mol. The summed E-state index contributed by atoms with van der Waals surface area (Å²) in [6.07, 6.45) is 14.8. The molecular weight excluding hydrogens is 248 g/mol. The first-order valence-electron chi connectivity index (χ1n) is 8.83. The molecule has 1 heterocycles. The van der Waals surface area contributed by atoms with Crippen LogP contribution < -0.4 is 10.6 Å². The van der Waals surface area contributed by atoms with Crippen LogP contribution in [0.4, 0.5) is 0 Å². The van der Waals surface area contributed by atoms with Crippen LogP contribution in [0.1, 0.15) is 84.0 Å². The molecule has 1 fully saturated rings. The third kappa shape index (κ3) is 9.35. The van der Waals surface area contributed by atoms with Gasteiger partial charge in [0.1, 0.15) is 0 Å². The van der Waals surface area contributed by atoms with Crippen LogP contribution in [0.3, 0.4) is 0 Å². The highest BCUT2D eigenvalue weighted by Gasteiger charge is 2.14. The molecule has 0 saturated carbocycles. The van der Waals surface area contributed by atoms with Gasteiger partial charge in [-0.1, -0.05) is 58.3 Å². The maximum atomic E-state index is 11.8. The fourth-order valence-electron chi connectivity index (χ4n) is 2.87. The van der Waals surface area contributed by atoms with E-state index in [2.05, 4.69) is 17.6 Å². The van der Waals surface area contributed by atoms with E-state index < -0.39 is 0 Å². The van der Waals surface area contributed by atoms with Crippen LogP contribution in [0, 0.1) is 0 Å². The highest BCUT2D eigenvalue weighted by Crippen LogP contribution is 2.10. The van der Waals surface area contributed by atoms with Crippen molar-refractivity contribution in [3.05, 3.63) is 0 Å². The smallest absolute Gasteiger partial charge is 0.220 e. The second-order valence-electron chi connectivity index (χ2n) is 6.19. The van der Waals surface area contributed by atoms with Crippen LogP contribution >= 0.6 is 0 Å². The molecule has 20 heavy (non-hydrogen) atoms. The number of rotatable bonds is 11. The number of nitrogens with one attached hydrogen (secondary N) is 2. The van der Waals surface area contributed by atoms with Crippen molar-refractivity contribution in [3.8, 4) is 0 Å². The normalized spacial score (nSPS) is 18.9. The zero-order valence-corrected chi connectivity index (χ0v) is 13.4. The molecule has 0 aromatic heterocycles. The number of amides is 1. The van der Waals surface area contributed by atoms with Gasteiger partial charge < -0.3 is 10.6 Å². The monoisotopic (exact) mass is 282 g/mol. The summed E-state index contributed by atoms with van der Waals surface area (Å²) in [5, 5.41) is 6.47. The molecule has 2 N–H and O–H groups in total. The van der Waals surface area contributed by atoms with Crippen molar-refractivity contribution in [2.24, 2.45) is 0 Å². The van der Waals surface area contributed by atoms with Gasteiger partial charge in [-0.2, -0.15) is 0 Å². The van der Waals surface area contributed by atoms with E-state index in [0.717, 1.165) is 25.9 Å². The van der Waals surface area contributed by atoms with Crippen LogP contribution in [0.25, 0.3) is 0 Å². The Morgan fingerprint density at radius 3 is 2.30 bits per heavy atom. The first-order chi connectivity index (χ1) is 9.83. The molecule has 0 radical (unpaired) electrons. The maximum Gasteiger partial charge on any atom is 0.220 e. The third-order valence-electron chi connectivity index (χ3n) is 4.17. The van der Waals surface area contributed by atoms with E-state index in [0.29, 0.717) is 12.5 Å². The van der Waals surface area contributed by atoms with Gasteiger partial charge in [-0.05, 0) is 25.8 Å². The van der Waals surface area contributed by atoms with E-state index in [-0.39, 0.29) is 5.91 Å². The lowest BCUT2D eigenvalue weighted by Crippen LogP contribution is -2.45. The van der Waals surface area contributed by atoms with Gasteiger partial charge in [0, 0.05) is 19.0 Å². The summed E-state index contributed by atoms with van der Waals surface area (Å²) in [7, 11) is 0. The molecule has 3 heteroatoms. The van der Waals surface area contributed by atoms with Crippen LogP contribution in [0.15, 0.2) is 0 Å². The number of hydrogen-bond donors (Lipinski definition) is 2. The van der Waals surface area contributed by atoms with Gasteiger partial charge in [0.05, 0.1) is 0 Å².